The fourth-order valence-electron chi connectivity index (χ4n) is 3.17. The summed E-state index contributed by atoms with van der Waals surface area (Å²) < 4.78 is 6.11. The third kappa shape index (κ3) is 4.34. The fourth-order valence-corrected chi connectivity index (χ4v) is 3.17. The Hall–Kier alpha value is -1.29. The molecule has 4 heteroatoms. The molecular formula is C17H29N3O. The molecule has 1 aliphatic carbocycles. The summed E-state index contributed by atoms with van der Waals surface area (Å²) in [7, 11) is 0. The molecule has 2 fully saturated rings. The van der Waals surface area contributed by atoms with E-state index in [9.17, 15) is 0 Å². The fraction of sp³-hybridized carbons (Fsp3) is 0.706. The molecule has 118 valence electrons. The molecule has 1 aromatic heterocycles. The van der Waals surface area contributed by atoms with Crippen LogP contribution < -0.4 is 15.4 Å². The van der Waals surface area contributed by atoms with Crippen LogP contribution >= 0.6 is 0 Å². The van der Waals surface area contributed by atoms with Crippen LogP contribution in [0.3, 0.4) is 0 Å². The number of hydrogen-bond donors (Lipinski definition) is 1. The summed E-state index contributed by atoms with van der Waals surface area (Å²) in [6.45, 7) is 2.24. The molecule has 3 rings (SSSR count). The number of ether oxygens (including phenoxy) is 1. The van der Waals surface area contributed by atoms with Gasteiger partial charge in [0, 0.05) is 31.4 Å². The maximum absolute atomic E-state index is 6.11. The average molecular weight is 291 g/mol. The third-order valence-corrected chi connectivity index (χ3v) is 4.42. The lowest BCUT2D eigenvalue weighted by Gasteiger charge is -2.29. The summed E-state index contributed by atoms with van der Waals surface area (Å²) in [4.78, 5) is 6.86. The van der Waals surface area contributed by atoms with E-state index in [1.165, 1.54) is 19.3 Å². The minimum Gasteiger partial charge on any atom is -0.490 e. The van der Waals surface area contributed by atoms with Gasteiger partial charge in [-0.15, -0.1) is 0 Å². The first-order valence-electron chi connectivity index (χ1n) is 7.94. The topological polar surface area (TPSA) is 51.4 Å². The monoisotopic (exact) mass is 291 g/mol. The first-order chi connectivity index (χ1) is 9.81. The molecule has 1 aliphatic heterocycles. The van der Waals surface area contributed by atoms with Gasteiger partial charge in [-0.2, -0.15) is 0 Å². The van der Waals surface area contributed by atoms with Gasteiger partial charge in [0.05, 0.1) is 6.10 Å². The minimum absolute atomic E-state index is 0. The smallest absolute Gasteiger partial charge is 0.132 e. The molecule has 4 nitrogen and oxygen atoms in total. The highest BCUT2D eigenvalue weighted by atomic mass is 16.5. The molecule has 0 amide bonds. The van der Waals surface area contributed by atoms with E-state index in [1.807, 2.05) is 12.3 Å². The standard InChI is InChI=1S/C16H25N3O.CH4/c17-13-4-6-14(7-5-13)20-15-8-9-18-16(12-15)19-10-2-1-3-11-19;/h8-9,12-14H,1-7,10-11,17H2;1H4. The Bertz CT molecular complexity index is 424. The predicted octanol–water partition coefficient (Wildman–Crippen LogP) is 3.36. The van der Waals surface area contributed by atoms with Gasteiger partial charge < -0.3 is 15.4 Å². The van der Waals surface area contributed by atoms with Gasteiger partial charge in [-0.1, -0.05) is 7.43 Å². The molecule has 0 bridgehead atoms. The lowest BCUT2D eigenvalue weighted by molar-refractivity contribution is 0.147. The maximum Gasteiger partial charge on any atom is 0.132 e. The van der Waals surface area contributed by atoms with E-state index < -0.39 is 0 Å². The maximum atomic E-state index is 6.11. The Morgan fingerprint density at radius 3 is 2.52 bits per heavy atom. The molecule has 0 atom stereocenters. The quantitative estimate of drug-likeness (QED) is 0.928. The van der Waals surface area contributed by atoms with Crippen LogP contribution in [0.2, 0.25) is 0 Å². The van der Waals surface area contributed by atoms with Gasteiger partial charge in [-0.3, -0.25) is 0 Å². The molecule has 2 heterocycles. The van der Waals surface area contributed by atoms with Crippen molar-refractivity contribution < 1.29 is 4.74 Å². The summed E-state index contributed by atoms with van der Waals surface area (Å²) in [6.07, 6.45) is 10.4. The Labute approximate surface area is 128 Å². The predicted molar refractivity (Wildman–Crippen MR) is 87.9 cm³/mol. The molecule has 0 radical (unpaired) electrons. The number of nitrogens with zero attached hydrogens (tertiary/aromatic N) is 2. The van der Waals surface area contributed by atoms with Crippen molar-refractivity contribution in [1.29, 1.82) is 0 Å². The van der Waals surface area contributed by atoms with Crippen molar-refractivity contribution in [2.24, 2.45) is 5.73 Å². The van der Waals surface area contributed by atoms with Gasteiger partial charge in [-0.25, -0.2) is 4.98 Å². The SMILES string of the molecule is C.NC1CCC(Oc2ccnc(N3CCCCC3)c2)CC1. The third-order valence-electron chi connectivity index (χ3n) is 4.42. The number of pyridine rings is 1. The van der Waals surface area contributed by atoms with Gasteiger partial charge in [0.1, 0.15) is 11.6 Å². The highest BCUT2D eigenvalue weighted by Gasteiger charge is 2.20. The van der Waals surface area contributed by atoms with Crippen molar-refractivity contribution in [3.63, 3.8) is 0 Å². The molecular weight excluding hydrogens is 262 g/mol. The Kier molecular flexibility index (Phi) is 5.85. The van der Waals surface area contributed by atoms with Crippen LogP contribution in [0.15, 0.2) is 18.3 Å². The molecule has 0 unspecified atom stereocenters. The molecule has 0 spiro atoms. The second kappa shape index (κ2) is 7.64. The van der Waals surface area contributed by atoms with Crippen LogP contribution in [0.5, 0.6) is 5.75 Å². The van der Waals surface area contributed by atoms with E-state index >= 15 is 0 Å². The number of aromatic nitrogens is 1. The van der Waals surface area contributed by atoms with Crippen LogP contribution in [0.1, 0.15) is 52.4 Å². The zero-order chi connectivity index (χ0) is 13.8. The van der Waals surface area contributed by atoms with Gasteiger partial charge >= 0.3 is 0 Å². The molecule has 21 heavy (non-hydrogen) atoms. The zero-order valence-corrected chi connectivity index (χ0v) is 12.1. The normalized spacial score (nSPS) is 26.0. The van der Waals surface area contributed by atoms with Crippen molar-refractivity contribution in [2.45, 2.75) is 64.5 Å². The number of hydrogen-bond acceptors (Lipinski definition) is 4. The van der Waals surface area contributed by atoms with Gasteiger partial charge in [-0.05, 0) is 51.0 Å². The van der Waals surface area contributed by atoms with Crippen molar-refractivity contribution >= 4 is 5.82 Å². The lowest BCUT2D eigenvalue weighted by atomic mass is 9.94. The van der Waals surface area contributed by atoms with Crippen molar-refractivity contribution in [1.82, 2.24) is 4.98 Å². The Morgan fingerprint density at radius 2 is 1.81 bits per heavy atom. The van der Waals surface area contributed by atoms with E-state index in [2.05, 4.69) is 16.0 Å². The highest BCUT2D eigenvalue weighted by Crippen LogP contribution is 2.26. The second-order valence-electron chi connectivity index (χ2n) is 6.05. The molecule has 0 aromatic carbocycles. The van der Waals surface area contributed by atoms with Crippen molar-refractivity contribution in [2.75, 3.05) is 18.0 Å². The van der Waals surface area contributed by atoms with E-state index in [-0.39, 0.29) is 7.43 Å². The number of anilines is 1. The number of rotatable bonds is 3. The van der Waals surface area contributed by atoms with E-state index in [0.717, 1.165) is 50.3 Å². The molecule has 2 aliphatic rings. The summed E-state index contributed by atoms with van der Waals surface area (Å²) in [6, 6.07) is 4.44. The first kappa shape index (κ1) is 16.1. The molecule has 2 N–H and O–H groups in total. The Morgan fingerprint density at radius 1 is 1.10 bits per heavy atom. The molecule has 1 saturated heterocycles. The van der Waals surface area contributed by atoms with Crippen molar-refractivity contribution in [3.05, 3.63) is 18.3 Å². The lowest BCUT2D eigenvalue weighted by Crippen LogP contribution is -2.32. The largest absolute Gasteiger partial charge is 0.490 e. The van der Waals surface area contributed by atoms with Crippen LogP contribution in [-0.4, -0.2) is 30.2 Å². The van der Waals surface area contributed by atoms with Gasteiger partial charge in [0.2, 0.25) is 0 Å². The summed E-state index contributed by atoms with van der Waals surface area (Å²) in [5.41, 5.74) is 5.94. The average Bonchev–Trinajstić information content (AvgIpc) is 2.51. The van der Waals surface area contributed by atoms with Crippen molar-refractivity contribution in [3.8, 4) is 5.75 Å². The van der Waals surface area contributed by atoms with E-state index in [0.29, 0.717) is 12.1 Å². The number of nitrogens with two attached hydrogens (primary N) is 1. The zero-order valence-electron chi connectivity index (χ0n) is 12.1. The van der Waals surface area contributed by atoms with Gasteiger partial charge in [0.15, 0.2) is 0 Å². The van der Waals surface area contributed by atoms with Gasteiger partial charge in [0.25, 0.3) is 0 Å². The number of piperidine rings is 1. The minimum atomic E-state index is 0. The van der Waals surface area contributed by atoms with Crippen LogP contribution in [-0.2, 0) is 0 Å². The summed E-state index contributed by atoms with van der Waals surface area (Å²) in [5, 5.41) is 0. The van der Waals surface area contributed by atoms with Crippen LogP contribution in [0.25, 0.3) is 0 Å². The molecule has 1 aromatic rings. The summed E-state index contributed by atoms with van der Waals surface area (Å²) >= 11 is 0. The molecule has 1 saturated carbocycles. The summed E-state index contributed by atoms with van der Waals surface area (Å²) in [5.74, 6) is 2.02. The Balaban J connectivity index is 0.00000161. The highest BCUT2D eigenvalue weighted by molar-refractivity contribution is 5.43. The van der Waals surface area contributed by atoms with Crippen LogP contribution in [0, 0.1) is 0 Å². The first-order valence-corrected chi connectivity index (χ1v) is 7.94. The van der Waals surface area contributed by atoms with Crippen LogP contribution in [0.4, 0.5) is 5.82 Å². The van der Waals surface area contributed by atoms with E-state index in [4.69, 9.17) is 10.5 Å². The second-order valence-corrected chi connectivity index (χ2v) is 6.05. The van der Waals surface area contributed by atoms with E-state index in [1.54, 1.807) is 0 Å².